The van der Waals surface area contributed by atoms with Gasteiger partial charge in [0.15, 0.2) is 5.96 Å². The molecule has 2 aromatic heterocycles. The smallest absolute Gasteiger partial charge is 0.191 e. The molecular formula is C24H31N7. The molecule has 0 radical (unpaired) electrons. The summed E-state index contributed by atoms with van der Waals surface area (Å²) in [6.07, 6.45) is 7.93. The Balaban J connectivity index is 1.23. The number of rotatable bonds is 7. The van der Waals surface area contributed by atoms with Gasteiger partial charge in [0.05, 0.1) is 12.2 Å². The predicted octanol–water partition coefficient (Wildman–Crippen LogP) is 2.66. The number of likely N-dealkylation sites (tertiary alicyclic amines) is 1. The van der Waals surface area contributed by atoms with Crippen LogP contribution in [0.2, 0.25) is 0 Å². The van der Waals surface area contributed by atoms with Crippen LogP contribution >= 0.6 is 0 Å². The first-order chi connectivity index (χ1) is 15.3. The number of aromatic nitrogens is 3. The number of hydrogen-bond acceptors (Lipinski definition) is 4. The SMILES string of the molecule is CN=C(NCc1nccn1Cc1ccccc1)NC1CCN(Cc2ccccn2)CC1. The minimum absolute atomic E-state index is 0.426. The largest absolute Gasteiger partial charge is 0.354 e. The molecule has 0 spiro atoms. The summed E-state index contributed by atoms with van der Waals surface area (Å²) in [7, 11) is 1.82. The molecule has 0 unspecified atom stereocenters. The van der Waals surface area contributed by atoms with E-state index in [9.17, 15) is 0 Å². The number of guanidine groups is 1. The van der Waals surface area contributed by atoms with E-state index in [1.165, 1.54) is 5.56 Å². The van der Waals surface area contributed by atoms with E-state index in [0.29, 0.717) is 12.6 Å². The Labute approximate surface area is 184 Å². The third-order valence-corrected chi connectivity index (χ3v) is 5.68. The van der Waals surface area contributed by atoms with Crippen molar-refractivity contribution in [2.24, 2.45) is 4.99 Å². The van der Waals surface area contributed by atoms with Gasteiger partial charge in [0.2, 0.25) is 0 Å². The number of pyridine rings is 1. The highest BCUT2D eigenvalue weighted by Gasteiger charge is 2.20. The third kappa shape index (κ3) is 6.15. The topological polar surface area (TPSA) is 70.4 Å². The van der Waals surface area contributed by atoms with Crippen LogP contribution in [0.4, 0.5) is 0 Å². The Kier molecular flexibility index (Phi) is 7.28. The highest BCUT2D eigenvalue weighted by atomic mass is 15.2. The summed E-state index contributed by atoms with van der Waals surface area (Å²) in [6, 6.07) is 17.0. The zero-order valence-corrected chi connectivity index (χ0v) is 18.1. The van der Waals surface area contributed by atoms with Crippen molar-refractivity contribution in [1.29, 1.82) is 0 Å². The van der Waals surface area contributed by atoms with Gasteiger partial charge in [0.25, 0.3) is 0 Å². The molecular weight excluding hydrogens is 386 g/mol. The predicted molar refractivity (Wildman–Crippen MR) is 124 cm³/mol. The lowest BCUT2D eigenvalue weighted by Gasteiger charge is -2.32. The quantitative estimate of drug-likeness (QED) is 0.457. The van der Waals surface area contributed by atoms with Crippen LogP contribution in [0.25, 0.3) is 0 Å². The molecule has 0 aliphatic carbocycles. The van der Waals surface area contributed by atoms with Crippen LogP contribution in [0, 0.1) is 0 Å². The average molecular weight is 418 g/mol. The molecule has 1 aromatic carbocycles. The fraction of sp³-hybridized carbons (Fsp3) is 0.375. The summed E-state index contributed by atoms with van der Waals surface area (Å²) in [5.74, 6) is 1.83. The Morgan fingerprint density at radius 3 is 2.55 bits per heavy atom. The molecule has 1 aliphatic rings. The summed E-state index contributed by atoms with van der Waals surface area (Å²) in [6.45, 7) is 4.50. The second kappa shape index (κ2) is 10.7. The second-order valence-electron chi connectivity index (χ2n) is 7.90. The summed E-state index contributed by atoms with van der Waals surface area (Å²) >= 11 is 0. The van der Waals surface area contributed by atoms with E-state index in [1.807, 2.05) is 37.8 Å². The lowest BCUT2D eigenvalue weighted by Crippen LogP contribution is -2.48. The average Bonchev–Trinajstić information content (AvgIpc) is 3.26. The monoisotopic (exact) mass is 417 g/mol. The zero-order valence-electron chi connectivity index (χ0n) is 18.1. The van der Waals surface area contributed by atoms with E-state index in [0.717, 1.165) is 56.5 Å². The van der Waals surface area contributed by atoms with Crippen molar-refractivity contribution in [2.75, 3.05) is 20.1 Å². The van der Waals surface area contributed by atoms with E-state index < -0.39 is 0 Å². The molecule has 0 bridgehead atoms. The van der Waals surface area contributed by atoms with E-state index in [4.69, 9.17) is 0 Å². The molecule has 0 amide bonds. The van der Waals surface area contributed by atoms with E-state index in [1.54, 1.807) is 0 Å². The maximum Gasteiger partial charge on any atom is 0.191 e. The Morgan fingerprint density at radius 1 is 1.00 bits per heavy atom. The zero-order chi connectivity index (χ0) is 21.3. The fourth-order valence-electron chi connectivity index (χ4n) is 3.94. The lowest BCUT2D eigenvalue weighted by molar-refractivity contribution is 0.196. The van der Waals surface area contributed by atoms with Gasteiger partial charge in [-0.05, 0) is 30.5 Å². The molecule has 4 rings (SSSR count). The van der Waals surface area contributed by atoms with Crippen molar-refractivity contribution < 1.29 is 0 Å². The second-order valence-corrected chi connectivity index (χ2v) is 7.90. The summed E-state index contributed by atoms with van der Waals surface area (Å²) in [5.41, 5.74) is 2.40. The minimum atomic E-state index is 0.426. The van der Waals surface area contributed by atoms with Crippen LogP contribution in [0.3, 0.4) is 0 Å². The molecule has 1 saturated heterocycles. The first-order valence-corrected chi connectivity index (χ1v) is 10.9. The molecule has 2 N–H and O–H groups in total. The van der Waals surface area contributed by atoms with Crippen LogP contribution < -0.4 is 10.6 Å². The van der Waals surface area contributed by atoms with Crippen LogP contribution in [-0.4, -0.2) is 51.6 Å². The maximum absolute atomic E-state index is 4.52. The van der Waals surface area contributed by atoms with E-state index in [2.05, 4.69) is 71.5 Å². The molecule has 1 fully saturated rings. The molecule has 7 heteroatoms. The van der Waals surface area contributed by atoms with Gasteiger partial charge in [-0.3, -0.25) is 14.9 Å². The number of nitrogens with one attached hydrogen (secondary N) is 2. The van der Waals surface area contributed by atoms with Gasteiger partial charge >= 0.3 is 0 Å². The Bertz CT molecular complexity index is 944. The van der Waals surface area contributed by atoms with Crippen LogP contribution in [0.1, 0.15) is 29.9 Å². The number of nitrogens with zero attached hydrogens (tertiary/aromatic N) is 5. The number of piperidine rings is 1. The first-order valence-electron chi connectivity index (χ1n) is 10.9. The number of aliphatic imine (C=N–C) groups is 1. The summed E-state index contributed by atoms with van der Waals surface area (Å²) < 4.78 is 2.17. The van der Waals surface area contributed by atoms with Crippen molar-refractivity contribution in [3.05, 3.63) is 84.2 Å². The van der Waals surface area contributed by atoms with Crippen molar-refractivity contribution >= 4 is 5.96 Å². The normalized spacial score (nSPS) is 15.7. The highest BCUT2D eigenvalue weighted by molar-refractivity contribution is 5.79. The molecule has 31 heavy (non-hydrogen) atoms. The van der Waals surface area contributed by atoms with Gasteiger partial charge in [-0.15, -0.1) is 0 Å². The Morgan fingerprint density at radius 2 is 1.81 bits per heavy atom. The number of benzene rings is 1. The van der Waals surface area contributed by atoms with E-state index in [-0.39, 0.29) is 0 Å². The van der Waals surface area contributed by atoms with Gasteiger partial charge in [-0.2, -0.15) is 0 Å². The molecule has 162 valence electrons. The van der Waals surface area contributed by atoms with Crippen molar-refractivity contribution in [1.82, 2.24) is 30.1 Å². The summed E-state index contributed by atoms with van der Waals surface area (Å²) in [4.78, 5) is 15.8. The molecule has 1 aliphatic heterocycles. The highest BCUT2D eigenvalue weighted by Crippen LogP contribution is 2.13. The summed E-state index contributed by atoms with van der Waals surface area (Å²) in [5, 5.41) is 7.01. The van der Waals surface area contributed by atoms with Gasteiger partial charge in [0.1, 0.15) is 5.82 Å². The van der Waals surface area contributed by atoms with E-state index >= 15 is 0 Å². The van der Waals surface area contributed by atoms with Gasteiger partial charge in [-0.25, -0.2) is 4.98 Å². The number of imidazole rings is 1. The number of hydrogen-bond donors (Lipinski definition) is 2. The maximum atomic E-state index is 4.52. The fourth-order valence-corrected chi connectivity index (χ4v) is 3.94. The van der Waals surface area contributed by atoms with Crippen molar-refractivity contribution in [3.8, 4) is 0 Å². The van der Waals surface area contributed by atoms with Crippen molar-refractivity contribution in [3.63, 3.8) is 0 Å². The van der Waals surface area contributed by atoms with Crippen LogP contribution in [0.15, 0.2) is 72.1 Å². The molecule has 0 saturated carbocycles. The van der Waals surface area contributed by atoms with Gasteiger partial charge in [0, 0.05) is 57.9 Å². The lowest BCUT2D eigenvalue weighted by atomic mass is 10.0. The molecule has 3 aromatic rings. The van der Waals surface area contributed by atoms with Crippen molar-refractivity contribution in [2.45, 2.75) is 38.5 Å². The standard InChI is InChI=1S/C24H31N7/c1-25-24(28-17-23-27-13-16-31(23)18-20-7-3-2-4-8-20)29-21-10-14-30(15-11-21)19-22-9-5-6-12-26-22/h2-9,12-13,16,21H,10-11,14-15,17-19H2,1H3,(H2,25,28,29). The third-order valence-electron chi connectivity index (χ3n) is 5.68. The first kappa shape index (κ1) is 21.1. The van der Waals surface area contributed by atoms with Gasteiger partial charge < -0.3 is 15.2 Å². The van der Waals surface area contributed by atoms with Crippen LogP contribution in [-0.2, 0) is 19.6 Å². The van der Waals surface area contributed by atoms with Gasteiger partial charge in [-0.1, -0.05) is 36.4 Å². The van der Waals surface area contributed by atoms with Crippen LogP contribution in [0.5, 0.6) is 0 Å². The molecule has 0 atom stereocenters. The molecule has 3 heterocycles. The molecule has 7 nitrogen and oxygen atoms in total. The Hall–Kier alpha value is -3.19. The minimum Gasteiger partial charge on any atom is -0.354 e.